The minimum Gasteiger partial charge on any atom is -0.474 e. The molecule has 5 nitrogen and oxygen atoms in total. The topological polar surface area (TPSA) is 51.7 Å². The molecule has 158 valence electrons. The number of carbonyl (C=O) groups excluding carboxylic acids is 1. The number of nitrogens with zero attached hydrogens (tertiary/aromatic N) is 2. The van der Waals surface area contributed by atoms with Gasteiger partial charge in [-0.1, -0.05) is 30.3 Å². The Morgan fingerprint density at radius 2 is 1.90 bits per heavy atom. The molecule has 1 unspecified atom stereocenters. The predicted molar refractivity (Wildman–Crippen MR) is 114 cm³/mol. The van der Waals surface area contributed by atoms with E-state index in [4.69, 9.17) is 9.47 Å². The molecule has 0 radical (unpaired) electrons. The average Bonchev–Trinajstić information content (AvgIpc) is 3.57. The third kappa shape index (κ3) is 3.71. The van der Waals surface area contributed by atoms with E-state index in [1.54, 1.807) is 6.20 Å². The van der Waals surface area contributed by atoms with Gasteiger partial charge < -0.3 is 14.4 Å². The molecule has 3 aliphatic rings. The average molecular weight is 407 g/mol. The Bertz CT molecular complexity index is 902. The van der Waals surface area contributed by atoms with Gasteiger partial charge in [0.05, 0.1) is 17.6 Å². The number of ether oxygens (including phenoxy) is 2. The number of benzene rings is 1. The summed E-state index contributed by atoms with van der Waals surface area (Å²) in [5, 5.41) is 0. The highest BCUT2D eigenvalue weighted by atomic mass is 16.5. The first-order valence-corrected chi connectivity index (χ1v) is 11.2. The fourth-order valence-corrected chi connectivity index (χ4v) is 5.10. The summed E-state index contributed by atoms with van der Waals surface area (Å²) < 4.78 is 12.5. The van der Waals surface area contributed by atoms with E-state index in [0.29, 0.717) is 18.4 Å². The zero-order chi connectivity index (χ0) is 20.6. The lowest BCUT2D eigenvalue weighted by Gasteiger charge is -2.46. The van der Waals surface area contributed by atoms with Gasteiger partial charge in [-0.2, -0.15) is 0 Å². The van der Waals surface area contributed by atoms with Crippen molar-refractivity contribution in [3.05, 3.63) is 59.8 Å². The van der Waals surface area contributed by atoms with Gasteiger partial charge in [-0.15, -0.1) is 0 Å². The van der Waals surface area contributed by atoms with Gasteiger partial charge in [0, 0.05) is 38.2 Å². The van der Waals surface area contributed by atoms with Crippen molar-refractivity contribution in [1.29, 1.82) is 0 Å². The van der Waals surface area contributed by atoms with Crippen molar-refractivity contribution < 1.29 is 14.3 Å². The largest absolute Gasteiger partial charge is 0.474 e. The molecule has 2 saturated heterocycles. The second-order valence-electron chi connectivity index (χ2n) is 9.18. The molecule has 0 N–H and O–H groups in total. The number of rotatable bonds is 4. The first kappa shape index (κ1) is 19.6. The van der Waals surface area contributed by atoms with Gasteiger partial charge in [-0.05, 0) is 49.8 Å². The number of hydrogen-bond acceptors (Lipinski definition) is 4. The summed E-state index contributed by atoms with van der Waals surface area (Å²) in [6.45, 7) is 4.29. The van der Waals surface area contributed by atoms with Crippen molar-refractivity contribution in [2.45, 2.75) is 62.6 Å². The standard InChI is InChI=1S/C25H30N2O3/c1-19-7-13-26-22(17-19)30-21-8-16-29-24(18-21)11-14-27(15-12-24)23(28)25(9-10-25)20-5-3-2-4-6-20/h2-7,13,17,21H,8-12,14-16,18H2,1H3. The van der Waals surface area contributed by atoms with E-state index in [1.165, 1.54) is 5.56 Å². The van der Waals surface area contributed by atoms with Crippen molar-refractivity contribution in [3.8, 4) is 5.88 Å². The van der Waals surface area contributed by atoms with Gasteiger partial charge in [0.2, 0.25) is 11.8 Å². The highest BCUT2D eigenvalue weighted by Crippen LogP contribution is 2.50. The molecule has 2 aliphatic heterocycles. The maximum Gasteiger partial charge on any atom is 0.233 e. The summed E-state index contributed by atoms with van der Waals surface area (Å²) in [5.74, 6) is 0.999. The van der Waals surface area contributed by atoms with Crippen LogP contribution in [0.2, 0.25) is 0 Å². The van der Waals surface area contributed by atoms with Crippen molar-refractivity contribution in [2.75, 3.05) is 19.7 Å². The molecule has 1 atom stereocenters. The summed E-state index contributed by atoms with van der Waals surface area (Å²) in [7, 11) is 0. The summed E-state index contributed by atoms with van der Waals surface area (Å²) in [5.41, 5.74) is 1.87. The predicted octanol–water partition coefficient (Wildman–Crippen LogP) is 4.04. The number of amides is 1. The van der Waals surface area contributed by atoms with Gasteiger partial charge in [-0.3, -0.25) is 4.79 Å². The number of hydrogen-bond donors (Lipinski definition) is 0. The van der Waals surface area contributed by atoms with Crippen LogP contribution in [0.5, 0.6) is 5.88 Å². The van der Waals surface area contributed by atoms with E-state index >= 15 is 0 Å². The van der Waals surface area contributed by atoms with Gasteiger partial charge >= 0.3 is 0 Å². The van der Waals surface area contributed by atoms with Gasteiger partial charge in [0.15, 0.2) is 0 Å². The third-order valence-corrected chi connectivity index (χ3v) is 7.07. The maximum atomic E-state index is 13.3. The van der Waals surface area contributed by atoms with E-state index in [0.717, 1.165) is 57.2 Å². The highest BCUT2D eigenvalue weighted by Gasteiger charge is 2.54. The van der Waals surface area contributed by atoms with Crippen LogP contribution >= 0.6 is 0 Å². The minimum absolute atomic E-state index is 0.120. The number of piperidine rings is 1. The lowest BCUT2D eigenvalue weighted by molar-refractivity contribution is -0.153. The lowest BCUT2D eigenvalue weighted by atomic mass is 9.82. The number of aryl methyl sites for hydroxylation is 1. The van der Waals surface area contributed by atoms with Crippen LogP contribution in [0.3, 0.4) is 0 Å². The molecular weight excluding hydrogens is 376 g/mol. The third-order valence-electron chi connectivity index (χ3n) is 7.07. The summed E-state index contributed by atoms with van der Waals surface area (Å²) in [6, 6.07) is 14.2. The Morgan fingerprint density at radius 3 is 2.60 bits per heavy atom. The Hall–Kier alpha value is -2.40. The Kier molecular flexibility index (Phi) is 5.02. The molecule has 1 spiro atoms. The SMILES string of the molecule is Cc1ccnc(OC2CCOC3(CCN(C(=O)C4(c5ccccc5)CC4)CC3)C2)c1. The second kappa shape index (κ2) is 7.69. The fourth-order valence-electron chi connectivity index (χ4n) is 5.10. The van der Waals surface area contributed by atoms with Crippen LogP contribution in [0.1, 0.15) is 49.7 Å². The number of aromatic nitrogens is 1. The number of carbonyl (C=O) groups is 1. The second-order valence-corrected chi connectivity index (χ2v) is 9.18. The van der Waals surface area contributed by atoms with E-state index in [2.05, 4.69) is 28.9 Å². The molecule has 1 aromatic heterocycles. The Balaban J connectivity index is 1.21. The number of pyridine rings is 1. The van der Waals surface area contributed by atoms with Crippen molar-refractivity contribution in [1.82, 2.24) is 9.88 Å². The molecule has 0 bridgehead atoms. The molecule has 2 aromatic rings. The molecule has 1 saturated carbocycles. The first-order valence-electron chi connectivity index (χ1n) is 11.2. The smallest absolute Gasteiger partial charge is 0.233 e. The van der Waals surface area contributed by atoms with E-state index in [1.807, 2.05) is 30.3 Å². The molecule has 30 heavy (non-hydrogen) atoms. The summed E-state index contributed by atoms with van der Waals surface area (Å²) in [4.78, 5) is 19.8. The molecular formula is C25H30N2O3. The maximum absolute atomic E-state index is 13.3. The van der Waals surface area contributed by atoms with E-state index in [9.17, 15) is 4.79 Å². The molecule has 1 aromatic carbocycles. The van der Waals surface area contributed by atoms with Crippen LogP contribution in [0.4, 0.5) is 0 Å². The van der Waals surface area contributed by atoms with Gasteiger partial charge in [-0.25, -0.2) is 4.98 Å². The monoisotopic (exact) mass is 406 g/mol. The van der Waals surface area contributed by atoms with Crippen LogP contribution in [0.15, 0.2) is 48.7 Å². The van der Waals surface area contributed by atoms with Crippen LogP contribution < -0.4 is 4.74 Å². The quantitative estimate of drug-likeness (QED) is 0.769. The molecule has 5 rings (SSSR count). The molecule has 1 aliphatic carbocycles. The van der Waals surface area contributed by atoms with Crippen molar-refractivity contribution in [3.63, 3.8) is 0 Å². The fraction of sp³-hybridized carbons (Fsp3) is 0.520. The molecule has 1 amide bonds. The van der Waals surface area contributed by atoms with E-state index < -0.39 is 0 Å². The van der Waals surface area contributed by atoms with Gasteiger partial charge in [0.1, 0.15) is 6.10 Å². The Labute approximate surface area is 178 Å². The Morgan fingerprint density at radius 1 is 1.13 bits per heavy atom. The van der Waals surface area contributed by atoms with Crippen LogP contribution in [0, 0.1) is 6.92 Å². The van der Waals surface area contributed by atoms with Gasteiger partial charge in [0.25, 0.3) is 0 Å². The normalized spacial score (nSPS) is 24.4. The summed E-state index contributed by atoms with van der Waals surface area (Å²) in [6.07, 6.45) is 7.36. The first-order chi connectivity index (χ1) is 14.6. The van der Waals surface area contributed by atoms with Crippen LogP contribution in [0.25, 0.3) is 0 Å². The molecule has 3 heterocycles. The molecule has 3 fully saturated rings. The zero-order valence-corrected chi connectivity index (χ0v) is 17.7. The van der Waals surface area contributed by atoms with Crippen LogP contribution in [-0.2, 0) is 14.9 Å². The summed E-state index contributed by atoms with van der Waals surface area (Å²) >= 11 is 0. The van der Waals surface area contributed by atoms with Crippen LogP contribution in [-0.4, -0.2) is 47.2 Å². The lowest BCUT2D eigenvalue weighted by Crippen LogP contribution is -2.54. The zero-order valence-electron chi connectivity index (χ0n) is 17.7. The number of likely N-dealkylation sites (tertiary alicyclic amines) is 1. The van der Waals surface area contributed by atoms with Crippen molar-refractivity contribution >= 4 is 5.91 Å². The molecule has 5 heteroatoms. The highest BCUT2D eigenvalue weighted by molar-refractivity contribution is 5.91. The minimum atomic E-state index is -0.276. The van der Waals surface area contributed by atoms with E-state index in [-0.39, 0.29) is 17.1 Å². The van der Waals surface area contributed by atoms with Crippen molar-refractivity contribution in [2.24, 2.45) is 0 Å².